The summed E-state index contributed by atoms with van der Waals surface area (Å²) in [5.41, 5.74) is 2.45. The summed E-state index contributed by atoms with van der Waals surface area (Å²) in [5.74, 6) is -0.286. The monoisotopic (exact) mass is 300 g/mol. The van der Waals surface area contributed by atoms with Gasteiger partial charge >= 0.3 is 0 Å². The van der Waals surface area contributed by atoms with E-state index in [1.165, 1.54) is 35.6 Å². The molecular formula is C15H9FN2O2S. The molecule has 2 aromatic carbocycles. The van der Waals surface area contributed by atoms with Gasteiger partial charge in [-0.05, 0) is 36.4 Å². The van der Waals surface area contributed by atoms with Crippen LogP contribution in [0.4, 0.5) is 10.1 Å². The highest BCUT2D eigenvalue weighted by Crippen LogP contribution is 2.29. The number of nitro groups is 1. The van der Waals surface area contributed by atoms with Gasteiger partial charge in [-0.1, -0.05) is 0 Å². The van der Waals surface area contributed by atoms with Crippen molar-refractivity contribution in [1.29, 1.82) is 0 Å². The topological polar surface area (TPSA) is 56.0 Å². The van der Waals surface area contributed by atoms with Crippen LogP contribution in [0.25, 0.3) is 21.8 Å². The van der Waals surface area contributed by atoms with Gasteiger partial charge in [-0.2, -0.15) is 0 Å². The van der Waals surface area contributed by atoms with Crippen LogP contribution in [-0.2, 0) is 0 Å². The number of non-ortho nitro benzene ring substituents is 1. The lowest BCUT2D eigenvalue weighted by Crippen LogP contribution is -1.87. The van der Waals surface area contributed by atoms with E-state index in [4.69, 9.17) is 0 Å². The van der Waals surface area contributed by atoms with Gasteiger partial charge in [0.15, 0.2) is 0 Å². The lowest BCUT2D eigenvalue weighted by atomic mass is 10.1. The van der Waals surface area contributed by atoms with E-state index in [0.29, 0.717) is 0 Å². The Morgan fingerprint density at radius 2 is 1.62 bits per heavy atom. The minimum Gasteiger partial charge on any atom is -0.258 e. The fourth-order valence-corrected chi connectivity index (χ4v) is 2.72. The zero-order valence-electron chi connectivity index (χ0n) is 10.7. The minimum atomic E-state index is -0.436. The Bertz CT molecular complexity index is 782. The Labute approximate surface area is 123 Å². The molecule has 0 saturated heterocycles. The largest absolute Gasteiger partial charge is 0.269 e. The normalized spacial score (nSPS) is 10.5. The zero-order valence-corrected chi connectivity index (χ0v) is 11.5. The maximum atomic E-state index is 12.9. The van der Waals surface area contributed by atoms with Crippen LogP contribution in [0, 0.1) is 15.9 Å². The second-order valence-electron chi connectivity index (χ2n) is 4.35. The summed E-state index contributed by atoms with van der Waals surface area (Å²) in [7, 11) is 0. The van der Waals surface area contributed by atoms with Crippen molar-refractivity contribution < 1.29 is 9.31 Å². The maximum Gasteiger partial charge on any atom is 0.269 e. The molecule has 0 aliphatic heterocycles. The molecule has 0 bridgehead atoms. The van der Waals surface area contributed by atoms with Crippen molar-refractivity contribution in [1.82, 2.24) is 4.98 Å². The number of rotatable bonds is 3. The number of aromatic nitrogens is 1. The van der Waals surface area contributed by atoms with Crippen LogP contribution < -0.4 is 0 Å². The molecule has 0 spiro atoms. The third-order valence-electron chi connectivity index (χ3n) is 2.97. The molecule has 0 fully saturated rings. The fraction of sp³-hybridized carbons (Fsp3) is 0. The van der Waals surface area contributed by atoms with Crippen LogP contribution in [0.2, 0.25) is 0 Å². The summed E-state index contributed by atoms with van der Waals surface area (Å²) in [5, 5.41) is 13.3. The van der Waals surface area contributed by atoms with E-state index < -0.39 is 4.92 Å². The quantitative estimate of drug-likeness (QED) is 0.527. The SMILES string of the molecule is O=[N+]([O-])c1ccc(-c2csc(-c3ccc(F)cc3)n2)cc1. The second-order valence-corrected chi connectivity index (χ2v) is 5.21. The van der Waals surface area contributed by atoms with Crippen LogP contribution in [0.5, 0.6) is 0 Å². The van der Waals surface area contributed by atoms with E-state index in [1.807, 2.05) is 5.38 Å². The molecule has 3 rings (SSSR count). The van der Waals surface area contributed by atoms with E-state index in [1.54, 1.807) is 24.3 Å². The van der Waals surface area contributed by atoms with Crippen molar-refractivity contribution in [2.75, 3.05) is 0 Å². The Morgan fingerprint density at radius 1 is 1.00 bits per heavy atom. The van der Waals surface area contributed by atoms with Gasteiger partial charge in [-0.3, -0.25) is 10.1 Å². The van der Waals surface area contributed by atoms with Crippen LogP contribution >= 0.6 is 11.3 Å². The molecule has 3 aromatic rings. The van der Waals surface area contributed by atoms with E-state index in [9.17, 15) is 14.5 Å². The molecular weight excluding hydrogens is 291 g/mol. The fourth-order valence-electron chi connectivity index (χ4n) is 1.89. The molecule has 0 atom stereocenters. The first-order valence-corrected chi connectivity index (χ1v) is 6.98. The number of hydrogen-bond donors (Lipinski definition) is 0. The van der Waals surface area contributed by atoms with Crippen molar-refractivity contribution in [3.8, 4) is 21.8 Å². The van der Waals surface area contributed by atoms with Crippen molar-refractivity contribution in [3.05, 3.63) is 69.8 Å². The van der Waals surface area contributed by atoms with Gasteiger partial charge in [-0.25, -0.2) is 9.37 Å². The highest BCUT2D eigenvalue weighted by Gasteiger charge is 2.09. The molecule has 4 nitrogen and oxygen atoms in total. The van der Waals surface area contributed by atoms with Crippen LogP contribution in [-0.4, -0.2) is 9.91 Å². The number of halogens is 1. The molecule has 0 saturated carbocycles. The second kappa shape index (κ2) is 5.41. The van der Waals surface area contributed by atoms with Crippen LogP contribution in [0.15, 0.2) is 53.9 Å². The lowest BCUT2D eigenvalue weighted by Gasteiger charge is -1.97. The predicted molar refractivity (Wildman–Crippen MR) is 79.6 cm³/mol. The Kier molecular flexibility index (Phi) is 3.45. The average molecular weight is 300 g/mol. The number of thiazole rings is 1. The van der Waals surface area contributed by atoms with Gasteiger partial charge < -0.3 is 0 Å². The van der Waals surface area contributed by atoms with Crippen molar-refractivity contribution in [3.63, 3.8) is 0 Å². The summed E-state index contributed by atoms with van der Waals surface area (Å²) in [4.78, 5) is 14.7. The molecule has 0 N–H and O–H groups in total. The van der Waals surface area contributed by atoms with E-state index in [2.05, 4.69) is 4.98 Å². The van der Waals surface area contributed by atoms with E-state index in [0.717, 1.165) is 21.8 Å². The molecule has 104 valence electrons. The summed E-state index contributed by atoms with van der Waals surface area (Å²) in [6.07, 6.45) is 0. The number of benzene rings is 2. The molecule has 1 aromatic heterocycles. The van der Waals surface area contributed by atoms with Gasteiger partial charge in [0, 0.05) is 28.6 Å². The summed E-state index contributed by atoms with van der Waals surface area (Å²) in [6, 6.07) is 12.4. The molecule has 6 heteroatoms. The average Bonchev–Trinajstić information content (AvgIpc) is 2.98. The standard InChI is InChI=1S/C15H9FN2O2S/c16-12-5-1-11(2-6-12)15-17-14(9-21-15)10-3-7-13(8-4-10)18(19)20/h1-9H. The van der Waals surface area contributed by atoms with Gasteiger partial charge in [0.25, 0.3) is 5.69 Å². The number of hydrogen-bond acceptors (Lipinski definition) is 4. The summed E-state index contributed by atoms with van der Waals surface area (Å²) in [6.45, 7) is 0. The maximum absolute atomic E-state index is 12.9. The van der Waals surface area contributed by atoms with Crippen molar-refractivity contribution in [2.24, 2.45) is 0 Å². The minimum absolute atomic E-state index is 0.0488. The Balaban J connectivity index is 1.90. The summed E-state index contributed by atoms with van der Waals surface area (Å²) >= 11 is 1.45. The third kappa shape index (κ3) is 2.80. The molecule has 0 aliphatic carbocycles. The van der Waals surface area contributed by atoms with Gasteiger partial charge in [-0.15, -0.1) is 11.3 Å². The molecule has 0 aliphatic rings. The summed E-state index contributed by atoms with van der Waals surface area (Å²) < 4.78 is 12.9. The number of nitro benzene ring substituents is 1. The van der Waals surface area contributed by atoms with E-state index >= 15 is 0 Å². The Morgan fingerprint density at radius 3 is 2.24 bits per heavy atom. The molecule has 21 heavy (non-hydrogen) atoms. The first kappa shape index (κ1) is 13.4. The van der Waals surface area contributed by atoms with Gasteiger partial charge in [0.2, 0.25) is 0 Å². The number of nitrogens with zero attached hydrogens (tertiary/aromatic N) is 2. The van der Waals surface area contributed by atoms with Gasteiger partial charge in [0.1, 0.15) is 10.8 Å². The Hall–Kier alpha value is -2.60. The molecule has 0 amide bonds. The first-order chi connectivity index (χ1) is 10.1. The van der Waals surface area contributed by atoms with Gasteiger partial charge in [0.05, 0.1) is 10.6 Å². The molecule has 0 unspecified atom stereocenters. The van der Waals surface area contributed by atoms with Crippen molar-refractivity contribution in [2.45, 2.75) is 0 Å². The van der Waals surface area contributed by atoms with Crippen LogP contribution in [0.1, 0.15) is 0 Å². The lowest BCUT2D eigenvalue weighted by molar-refractivity contribution is -0.384. The first-order valence-electron chi connectivity index (χ1n) is 6.10. The highest BCUT2D eigenvalue weighted by molar-refractivity contribution is 7.13. The molecule has 1 heterocycles. The predicted octanol–water partition coefficient (Wildman–Crippen LogP) is 4.52. The highest BCUT2D eigenvalue weighted by atomic mass is 32.1. The molecule has 0 radical (unpaired) electrons. The van der Waals surface area contributed by atoms with Crippen LogP contribution in [0.3, 0.4) is 0 Å². The third-order valence-corrected chi connectivity index (χ3v) is 3.86. The zero-order chi connectivity index (χ0) is 14.8. The van der Waals surface area contributed by atoms with E-state index in [-0.39, 0.29) is 11.5 Å². The smallest absolute Gasteiger partial charge is 0.258 e. The van der Waals surface area contributed by atoms with Crippen molar-refractivity contribution >= 4 is 17.0 Å².